The summed E-state index contributed by atoms with van der Waals surface area (Å²) in [5, 5.41) is 3.15. The number of sulfonamides is 1. The molecule has 0 spiro atoms. The van der Waals surface area contributed by atoms with E-state index in [0.29, 0.717) is 0 Å². The van der Waals surface area contributed by atoms with Gasteiger partial charge in [-0.15, -0.1) is 0 Å². The zero-order chi connectivity index (χ0) is 14.8. The van der Waals surface area contributed by atoms with Gasteiger partial charge in [0.2, 0.25) is 10.0 Å². The number of sulfone groups is 1. The maximum absolute atomic E-state index is 12.1. The second kappa shape index (κ2) is 5.71. The number of fused-ring (bicyclic) bond motifs is 1. The molecule has 6 nitrogen and oxygen atoms in total. The first-order valence-corrected chi connectivity index (χ1v) is 9.71. The molecular formula is C12H18N2O4S2. The second-order valence-corrected chi connectivity index (χ2v) is 8.87. The number of hydrogen-bond donors (Lipinski definition) is 2. The summed E-state index contributed by atoms with van der Waals surface area (Å²) >= 11 is 0. The summed E-state index contributed by atoms with van der Waals surface area (Å²) in [7, 11) is -6.83. The molecule has 0 bridgehead atoms. The maximum Gasteiger partial charge on any atom is 0.240 e. The van der Waals surface area contributed by atoms with Gasteiger partial charge in [-0.25, -0.2) is 21.6 Å². The van der Waals surface area contributed by atoms with Gasteiger partial charge in [0.05, 0.1) is 10.6 Å². The Morgan fingerprint density at radius 2 is 2.00 bits per heavy atom. The zero-order valence-electron chi connectivity index (χ0n) is 11.2. The van der Waals surface area contributed by atoms with E-state index < -0.39 is 19.9 Å². The molecule has 2 rings (SSSR count). The van der Waals surface area contributed by atoms with Crippen LogP contribution in [0.5, 0.6) is 0 Å². The predicted octanol–water partition coefficient (Wildman–Crippen LogP) is 0.368. The first-order valence-electron chi connectivity index (χ1n) is 6.41. The van der Waals surface area contributed by atoms with Crippen molar-refractivity contribution in [3.8, 4) is 0 Å². The molecule has 1 heterocycles. The standard InChI is InChI=1S/C12H18N2O4S2/c1-2-19(15,16)8-7-14-20(17,18)11-3-4-12-10(9-11)5-6-13-12/h3-4,9,13-14H,2,5-8H2,1H3. The van der Waals surface area contributed by atoms with E-state index in [4.69, 9.17) is 0 Å². The minimum atomic E-state index is -3.65. The molecule has 0 saturated heterocycles. The molecule has 0 unspecified atom stereocenters. The highest BCUT2D eigenvalue weighted by Crippen LogP contribution is 2.24. The van der Waals surface area contributed by atoms with Gasteiger partial charge in [-0.2, -0.15) is 0 Å². The smallest absolute Gasteiger partial charge is 0.240 e. The van der Waals surface area contributed by atoms with Crippen molar-refractivity contribution < 1.29 is 16.8 Å². The highest BCUT2D eigenvalue weighted by molar-refractivity contribution is 7.91. The van der Waals surface area contributed by atoms with Crippen LogP contribution in [0.2, 0.25) is 0 Å². The van der Waals surface area contributed by atoms with Gasteiger partial charge in [-0.05, 0) is 30.2 Å². The third-order valence-corrected chi connectivity index (χ3v) is 6.41. The predicted molar refractivity (Wildman–Crippen MR) is 78.2 cm³/mol. The molecule has 0 amide bonds. The van der Waals surface area contributed by atoms with Crippen molar-refractivity contribution in [3.63, 3.8) is 0 Å². The number of rotatable bonds is 6. The minimum absolute atomic E-state index is 0.0131. The Bertz CT molecular complexity index is 696. The lowest BCUT2D eigenvalue weighted by Gasteiger charge is -2.08. The van der Waals surface area contributed by atoms with Crippen LogP contribution in [0.1, 0.15) is 12.5 Å². The van der Waals surface area contributed by atoms with Crippen molar-refractivity contribution in [2.45, 2.75) is 18.2 Å². The quantitative estimate of drug-likeness (QED) is 0.790. The van der Waals surface area contributed by atoms with E-state index in [0.717, 1.165) is 24.2 Å². The van der Waals surface area contributed by atoms with Crippen molar-refractivity contribution in [2.75, 3.05) is 29.9 Å². The fourth-order valence-corrected chi connectivity index (χ4v) is 3.92. The Morgan fingerprint density at radius 3 is 2.70 bits per heavy atom. The van der Waals surface area contributed by atoms with E-state index in [1.165, 1.54) is 13.0 Å². The lowest BCUT2D eigenvalue weighted by atomic mass is 10.2. The van der Waals surface area contributed by atoms with Crippen LogP contribution >= 0.6 is 0 Å². The SMILES string of the molecule is CCS(=O)(=O)CCNS(=O)(=O)c1ccc2c(c1)CCN2. The molecular weight excluding hydrogens is 300 g/mol. The Balaban J connectivity index is 2.07. The molecule has 0 saturated carbocycles. The topological polar surface area (TPSA) is 92.3 Å². The molecule has 0 radical (unpaired) electrons. The molecule has 112 valence electrons. The monoisotopic (exact) mass is 318 g/mol. The second-order valence-electron chi connectivity index (χ2n) is 4.63. The molecule has 0 aromatic heterocycles. The molecule has 8 heteroatoms. The van der Waals surface area contributed by atoms with E-state index in [1.807, 2.05) is 0 Å². The fraction of sp³-hybridized carbons (Fsp3) is 0.500. The van der Waals surface area contributed by atoms with E-state index >= 15 is 0 Å². The first kappa shape index (κ1) is 15.3. The van der Waals surface area contributed by atoms with Crippen LogP contribution in [-0.2, 0) is 26.3 Å². The van der Waals surface area contributed by atoms with Crippen molar-refractivity contribution >= 4 is 25.5 Å². The third-order valence-electron chi connectivity index (χ3n) is 3.24. The molecule has 2 N–H and O–H groups in total. The summed E-state index contributed by atoms with van der Waals surface area (Å²) in [6.45, 7) is 2.24. The summed E-state index contributed by atoms with van der Waals surface area (Å²) in [6, 6.07) is 4.89. The zero-order valence-corrected chi connectivity index (χ0v) is 12.9. The lowest BCUT2D eigenvalue weighted by Crippen LogP contribution is -2.29. The Labute approximate surface area is 119 Å². The summed E-state index contributed by atoms with van der Waals surface area (Å²) in [4.78, 5) is 0.175. The molecule has 0 aliphatic carbocycles. The van der Waals surface area contributed by atoms with E-state index in [-0.39, 0.29) is 22.9 Å². The van der Waals surface area contributed by atoms with Gasteiger partial charge in [-0.1, -0.05) is 6.92 Å². The Kier molecular flexibility index (Phi) is 4.36. The molecule has 1 aliphatic rings. The Morgan fingerprint density at radius 1 is 1.25 bits per heavy atom. The summed E-state index contributed by atoms with van der Waals surface area (Å²) in [5.41, 5.74) is 1.92. The molecule has 0 atom stereocenters. The molecule has 1 aromatic rings. The van der Waals surface area contributed by atoms with Crippen LogP contribution < -0.4 is 10.0 Å². The van der Waals surface area contributed by atoms with Gasteiger partial charge in [0.25, 0.3) is 0 Å². The van der Waals surface area contributed by atoms with E-state index in [9.17, 15) is 16.8 Å². The normalized spacial score (nSPS) is 14.8. The van der Waals surface area contributed by atoms with Crippen molar-refractivity contribution in [1.82, 2.24) is 4.72 Å². The van der Waals surface area contributed by atoms with E-state index in [2.05, 4.69) is 10.0 Å². The summed E-state index contributed by atoms with van der Waals surface area (Å²) in [5.74, 6) is -0.172. The lowest BCUT2D eigenvalue weighted by molar-refractivity contribution is 0.581. The molecule has 1 aliphatic heterocycles. The molecule has 1 aromatic carbocycles. The first-order chi connectivity index (χ1) is 9.34. The van der Waals surface area contributed by atoms with Gasteiger partial charge in [-0.3, -0.25) is 0 Å². The third kappa shape index (κ3) is 3.50. The van der Waals surface area contributed by atoms with Crippen LogP contribution in [0.3, 0.4) is 0 Å². The largest absolute Gasteiger partial charge is 0.384 e. The number of benzene rings is 1. The summed E-state index contributed by atoms with van der Waals surface area (Å²) in [6.07, 6.45) is 0.795. The fourth-order valence-electron chi connectivity index (χ4n) is 2.01. The van der Waals surface area contributed by atoms with Crippen LogP contribution in [0.4, 0.5) is 5.69 Å². The maximum atomic E-state index is 12.1. The molecule has 20 heavy (non-hydrogen) atoms. The number of nitrogens with one attached hydrogen (secondary N) is 2. The van der Waals surface area contributed by atoms with Crippen LogP contribution in [0.25, 0.3) is 0 Å². The van der Waals surface area contributed by atoms with Crippen molar-refractivity contribution in [3.05, 3.63) is 23.8 Å². The van der Waals surface area contributed by atoms with Gasteiger partial charge in [0.1, 0.15) is 0 Å². The van der Waals surface area contributed by atoms with Gasteiger partial charge in [0, 0.05) is 24.5 Å². The number of anilines is 1. The van der Waals surface area contributed by atoms with Gasteiger partial charge in [0.15, 0.2) is 9.84 Å². The average Bonchev–Trinajstić information content (AvgIpc) is 2.85. The minimum Gasteiger partial charge on any atom is -0.384 e. The van der Waals surface area contributed by atoms with Gasteiger partial charge >= 0.3 is 0 Å². The van der Waals surface area contributed by atoms with Crippen LogP contribution in [0.15, 0.2) is 23.1 Å². The highest BCUT2D eigenvalue weighted by Gasteiger charge is 2.18. The highest BCUT2D eigenvalue weighted by atomic mass is 32.2. The summed E-state index contributed by atoms with van der Waals surface area (Å²) < 4.78 is 49.2. The van der Waals surface area contributed by atoms with Gasteiger partial charge < -0.3 is 5.32 Å². The van der Waals surface area contributed by atoms with Crippen LogP contribution in [0, 0.1) is 0 Å². The Hall–Kier alpha value is -1.12. The van der Waals surface area contributed by atoms with Crippen molar-refractivity contribution in [1.29, 1.82) is 0 Å². The average molecular weight is 318 g/mol. The van der Waals surface area contributed by atoms with E-state index in [1.54, 1.807) is 12.1 Å². The number of hydrogen-bond acceptors (Lipinski definition) is 5. The molecule has 0 fully saturated rings. The van der Waals surface area contributed by atoms with Crippen molar-refractivity contribution in [2.24, 2.45) is 0 Å². The van der Waals surface area contributed by atoms with Crippen LogP contribution in [-0.4, -0.2) is 41.4 Å².